The third-order valence-electron chi connectivity index (χ3n) is 0. The fourth-order valence-corrected chi connectivity index (χ4v) is 0. The summed E-state index contributed by atoms with van der Waals surface area (Å²) < 4.78 is 8.55. The van der Waals surface area contributed by atoms with Gasteiger partial charge in [-0.15, -0.1) is 0 Å². The van der Waals surface area contributed by atoms with Crippen LogP contribution in [0.4, 0.5) is 0 Å². The molecule has 0 N–H and O–H groups in total. The van der Waals surface area contributed by atoms with Crippen LogP contribution in [0.3, 0.4) is 0 Å². The molecule has 4 nitrogen and oxygen atoms in total. The molecular formula is AlFeNaO4P+3. The number of hydrogen-bond donors (Lipinski definition) is 0. The van der Waals surface area contributed by atoms with Crippen LogP contribution in [0.15, 0.2) is 0 Å². The minimum absolute atomic E-state index is 0. The summed E-state index contributed by atoms with van der Waals surface area (Å²) in [5, 5.41) is 0. The molecule has 8 heavy (non-hydrogen) atoms. The molecule has 0 rings (SSSR count). The van der Waals surface area contributed by atoms with Crippen LogP contribution >= 0.6 is 7.82 Å². The topological polar surface area (TPSA) is 86.2 Å². The van der Waals surface area contributed by atoms with Gasteiger partial charge in [-0.3, -0.25) is 0 Å². The molecule has 0 atom stereocenters. The van der Waals surface area contributed by atoms with Crippen molar-refractivity contribution < 1.29 is 65.9 Å². The second-order valence-corrected chi connectivity index (χ2v) is 1.34. The molecule has 0 radical (unpaired) electrons. The average molecular weight is 201 g/mol. The standard InChI is InChI=1S/Al.Fe.Na.H3O4P/c;;;1-5(2,3)4/h;;;(H3,1,2,3,4)/q+3;+2;+1;/p-3. The number of phosphoric acid groups is 1. The van der Waals surface area contributed by atoms with Crippen molar-refractivity contribution in [2.45, 2.75) is 0 Å². The maximum absolute atomic E-state index is 8.55. The smallest absolute Gasteiger partial charge is 0.822 e. The first kappa shape index (κ1) is 22.5. The van der Waals surface area contributed by atoms with Crippen LogP contribution in [0.1, 0.15) is 0 Å². The summed E-state index contributed by atoms with van der Waals surface area (Å²) in [6.07, 6.45) is 0. The van der Waals surface area contributed by atoms with Crippen LogP contribution in [0, 0.1) is 0 Å². The Morgan fingerprint density at radius 2 is 1.12 bits per heavy atom. The first-order valence-corrected chi connectivity index (χ1v) is 2.19. The monoisotopic (exact) mass is 201 g/mol. The summed E-state index contributed by atoms with van der Waals surface area (Å²) in [5.41, 5.74) is 0. The zero-order valence-electron chi connectivity index (χ0n) is 4.01. The molecule has 0 saturated carbocycles. The van der Waals surface area contributed by atoms with Crippen molar-refractivity contribution in [3.63, 3.8) is 0 Å². The zero-order chi connectivity index (χ0) is 4.50. The van der Waals surface area contributed by atoms with E-state index in [2.05, 4.69) is 0 Å². The van der Waals surface area contributed by atoms with Gasteiger partial charge < -0.3 is 19.2 Å². The SMILES string of the molecule is O=P([O-])([O-])[O-].[Al+3].[Fe+2].[Na+]. The zero-order valence-corrected chi connectivity index (χ0v) is 9.16. The van der Waals surface area contributed by atoms with Crippen molar-refractivity contribution in [3.05, 3.63) is 0 Å². The molecule has 0 aliphatic heterocycles. The van der Waals surface area contributed by atoms with E-state index in [1.165, 1.54) is 0 Å². The van der Waals surface area contributed by atoms with Crippen molar-refractivity contribution in [1.82, 2.24) is 0 Å². The second-order valence-electron chi connectivity index (χ2n) is 0.447. The van der Waals surface area contributed by atoms with Crippen molar-refractivity contribution in [2.75, 3.05) is 0 Å². The molecule has 38 valence electrons. The summed E-state index contributed by atoms with van der Waals surface area (Å²) in [7, 11) is -5.39. The number of rotatable bonds is 0. The van der Waals surface area contributed by atoms with Gasteiger partial charge in [0.05, 0.1) is 0 Å². The Morgan fingerprint density at radius 1 is 1.12 bits per heavy atom. The predicted molar refractivity (Wildman–Crippen MR) is 13.4 cm³/mol. The van der Waals surface area contributed by atoms with E-state index in [0.717, 1.165) is 0 Å². The van der Waals surface area contributed by atoms with Gasteiger partial charge in [-0.25, -0.2) is 0 Å². The van der Waals surface area contributed by atoms with Gasteiger partial charge in [-0.1, -0.05) is 0 Å². The van der Waals surface area contributed by atoms with Crippen molar-refractivity contribution in [2.24, 2.45) is 0 Å². The molecule has 0 unspecified atom stereocenters. The van der Waals surface area contributed by atoms with Crippen molar-refractivity contribution in [1.29, 1.82) is 0 Å². The van der Waals surface area contributed by atoms with E-state index in [1.807, 2.05) is 0 Å². The maximum atomic E-state index is 8.55. The molecule has 0 saturated heterocycles. The summed E-state index contributed by atoms with van der Waals surface area (Å²) >= 11 is 0. The van der Waals surface area contributed by atoms with Crippen LogP contribution in [0.25, 0.3) is 0 Å². The fraction of sp³-hybridized carbons (Fsp3) is 0. The van der Waals surface area contributed by atoms with Gasteiger partial charge in [-0.05, 0) is 0 Å². The fourth-order valence-electron chi connectivity index (χ4n) is 0. The normalized spacial score (nSPS) is 7.38. The Hall–Kier alpha value is 2.16. The van der Waals surface area contributed by atoms with E-state index in [4.69, 9.17) is 19.2 Å². The van der Waals surface area contributed by atoms with E-state index in [-0.39, 0.29) is 64.0 Å². The van der Waals surface area contributed by atoms with Gasteiger partial charge in [0, 0.05) is 0 Å². The van der Waals surface area contributed by atoms with Crippen LogP contribution in [-0.2, 0) is 21.6 Å². The Kier molecular flexibility index (Phi) is 25.7. The van der Waals surface area contributed by atoms with Crippen LogP contribution < -0.4 is 44.2 Å². The molecule has 8 heteroatoms. The summed E-state index contributed by atoms with van der Waals surface area (Å²) in [4.78, 5) is 25.6. The molecule has 0 bridgehead atoms. The van der Waals surface area contributed by atoms with Gasteiger partial charge in [-0.2, -0.15) is 7.82 Å². The molecule has 0 aromatic carbocycles. The van der Waals surface area contributed by atoms with E-state index < -0.39 is 7.82 Å². The van der Waals surface area contributed by atoms with E-state index >= 15 is 0 Å². The Morgan fingerprint density at radius 3 is 1.12 bits per heavy atom. The largest absolute Gasteiger partial charge is 3.00 e. The quantitative estimate of drug-likeness (QED) is 0.288. The minimum atomic E-state index is -5.39. The maximum Gasteiger partial charge on any atom is 3.00 e. The van der Waals surface area contributed by atoms with E-state index in [1.54, 1.807) is 0 Å². The first-order chi connectivity index (χ1) is 2.00. The summed E-state index contributed by atoms with van der Waals surface area (Å²) in [6.45, 7) is 0. The van der Waals surface area contributed by atoms with E-state index in [0.29, 0.717) is 0 Å². The average Bonchev–Trinajstić information content (AvgIpc) is 0.722. The van der Waals surface area contributed by atoms with Gasteiger partial charge in [0.2, 0.25) is 0 Å². The Bertz CT molecular complexity index is 62.2. The molecule has 0 amide bonds. The van der Waals surface area contributed by atoms with Gasteiger partial charge in [0.1, 0.15) is 0 Å². The third-order valence-corrected chi connectivity index (χ3v) is 0. The van der Waals surface area contributed by atoms with Gasteiger partial charge in [0.15, 0.2) is 0 Å². The molecule has 0 aliphatic carbocycles. The first-order valence-electron chi connectivity index (χ1n) is 0.730. The molecule has 0 fully saturated rings. The van der Waals surface area contributed by atoms with Gasteiger partial charge >= 0.3 is 64.0 Å². The van der Waals surface area contributed by atoms with Crippen LogP contribution in [0.2, 0.25) is 0 Å². The minimum Gasteiger partial charge on any atom is -0.822 e. The second kappa shape index (κ2) is 9.16. The van der Waals surface area contributed by atoms with Crippen molar-refractivity contribution >= 4 is 25.2 Å². The van der Waals surface area contributed by atoms with Crippen LogP contribution in [-0.4, -0.2) is 17.4 Å². The summed E-state index contributed by atoms with van der Waals surface area (Å²) in [6, 6.07) is 0. The number of hydrogen-bond acceptors (Lipinski definition) is 4. The Balaban J connectivity index is -0.0000000267. The molecule has 0 aliphatic rings. The molecule has 0 spiro atoms. The molecular weight excluding hydrogens is 201 g/mol. The van der Waals surface area contributed by atoms with Crippen LogP contribution in [0.5, 0.6) is 0 Å². The van der Waals surface area contributed by atoms with E-state index in [9.17, 15) is 0 Å². The van der Waals surface area contributed by atoms with Crippen molar-refractivity contribution in [3.8, 4) is 0 Å². The third kappa shape index (κ3) is 89.6. The molecule has 0 aromatic rings. The van der Waals surface area contributed by atoms with Gasteiger partial charge in [0.25, 0.3) is 0 Å². The molecule has 0 aromatic heterocycles. The Labute approximate surface area is 90.2 Å². The molecule has 0 heterocycles. The summed E-state index contributed by atoms with van der Waals surface area (Å²) in [5.74, 6) is 0. The predicted octanol–water partition coefficient (Wildman–Crippen LogP) is -6.20.